The minimum Gasteiger partial charge on any atom is -0.478 e. The molecule has 0 fully saturated rings. The number of aromatic nitrogens is 1. The van der Waals surface area contributed by atoms with Gasteiger partial charge in [0.1, 0.15) is 0 Å². The van der Waals surface area contributed by atoms with Crippen molar-refractivity contribution in [1.29, 1.82) is 0 Å². The second kappa shape index (κ2) is 7.19. The third kappa shape index (κ3) is 4.72. The summed E-state index contributed by atoms with van der Waals surface area (Å²) in [6.07, 6.45) is 2.58. The van der Waals surface area contributed by atoms with Gasteiger partial charge in [-0.25, -0.2) is 4.79 Å². The zero-order valence-corrected chi connectivity index (χ0v) is 11.5. The SMILES string of the molecule is O=C(Cc1ccccn1)NCCc1ccc(C(=O)O)cc1. The average Bonchev–Trinajstić information content (AvgIpc) is 2.49. The molecule has 0 saturated heterocycles. The molecule has 1 aromatic carbocycles. The van der Waals surface area contributed by atoms with Crippen LogP contribution in [0.5, 0.6) is 0 Å². The van der Waals surface area contributed by atoms with Gasteiger partial charge in [-0.05, 0) is 36.2 Å². The zero-order valence-electron chi connectivity index (χ0n) is 11.5. The number of benzene rings is 1. The van der Waals surface area contributed by atoms with E-state index in [1.807, 2.05) is 18.2 Å². The van der Waals surface area contributed by atoms with Crippen molar-refractivity contribution in [3.8, 4) is 0 Å². The van der Waals surface area contributed by atoms with Crippen molar-refractivity contribution in [2.24, 2.45) is 0 Å². The van der Waals surface area contributed by atoms with Gasteiger partial charge in [0, 0.05) is 18.4 Å². The molecule has 0 saturated carbocycles. The minimum atomic E-state index is -0.940. The molecule has 0 radical (unpaired) electrons. The summed E-state index contributed by atoms with van der Waals surface area (Å²) in [7, 11) is 0. The number of carboxylic acid groups (broad SMARTS) is 1. The first-order valence-electron chi connectivity index (χ1n) is 6.64. The van der Waals surface area contributed by atoms with Gasteiger partial charge in [-0.3, -0.25) is 9.78 Å². The van der Waals surface area contributed by atoms with E-state index in [2.05, 4.69) is 10.3 Å². The Balaban J connectivity index is 1.76. The Bertz CT molecular complexity index is 609. The molecule has 0 bridgehead atoms. The van der Waals surface area contributed by atoms with Crippen molar-refractivity contribution < 1.29 is 14.7 Å². The fourth-order valence-corrected chi connectivity index (χ4v) is 1.89. The average molecular weight is 284 g/mol. The number of nitrogens with one attached hydrogen (secondary N) is 1. The van der Waals surface area contributed by atoms with E-state index >= 15 is 0 Å². The number of rotatable bonds is 6. The number of carbonyl (C=O) groups is 2. The van der Waals surface area contributed by atoms with Gasteiger partial charge in [-0.2, -0.15) is 0 Å². The fourth-order valence-electron chi connectivity index (χ4n) is 1.89. The molecule has 0 aliphatic carbocycles. The molecule has 5 nitrogen and oxygen atoms in total. The number of hydrogen-bond acceptors (Lipinski definition) is 3. The van der Waals surface area contributed by atoms with E-state index in [0.29, 0.717) is 13.0 Å². The van der Waals surface area contributed by atoms with Crippen LogP contribution in [0.4, 0.5) is 0 Å². The van der Waals surface area contributed by atoms with Crippen LogP contribution in [0.2, 0.25) is 0 Å². The second-order valence-corrected chi connectivity index (χ2v) is 4.60. The van der Waals surface area contributed by atoms with Gasteiger partial charge in [0.05, 0.1) is 12.0 Å². The monoisotopic (exact) mass is 284 g/mol. The predicted molar refractivity (Wildman–Crippen MR) is 78.1 cm³/mol. The molecule has 2 rings (SSSR count). The van der Waals surface area contributed by atoms with Gasteiger partial charge < -0.3 is 10.4 Å². The lowest BCUT2D eigenvalue weighted by molar-refractivity contribution is -0.120. The molecule has 2 N–H and O–H groups in total. The van der Waals surface area contributed by atoms with Crippen LogP contribution in [0.3, 0.4) is 0 Å². The molecule has 1 aromatic heterocycles. The molecule has 0 aliphatic rings. The quantitative estimate of drug-likeness (QED) is 0.846. The largest absolute Gasteiger partial charge is 0.478 e. The Morgan fingerprint density at radius 3 is 2.48 bits per heavy atom. The van der Waals surface area contributed by atoms with Gasteiger partial charge in [0.15, 0.2) is 0 Å². The predicted octanol–water partition coefficient (Wildman–Crippen LogP) is 1.68. The summed E-state index contributed by atoms with van der Waals surface area (Å²) in [6, 6.07) is 12.1. The van der Waals surface area contributed by atoms with Crippen molar-refractivity contribution in [2.45, 2.75) is 12.8 Å². The van der Waals surface area contributed by atoms with Crippen LogP contribution in [0.25, 0.3) is 0 Å². The lowest BCUT2D eigenvalue weighted by Gasteiger charge is -2.05. The maximum Gasteiger partial charge on any atom is 0.335 e. The van der Waals surface area contributed by atoms with Crippen molar-refractivity contribution in [2.75, 3.05) is 6.54 Å². The van der Waals surface area contributed by atoms with Crippen molar-refractivity contribution in [1.82, 2.24) is 10.3 Å². The zero-order chi connectivity index (χ0) is 15.1. The van der Waals surface area contributed by atoms with Crippen LogP contribution in [0.1, 0.15) is 21.6 Å². The topological polar surface area (TPSA) is 79.3 Å². The Morgan fingerprint density at radius 1 is 1.10 bits per heavy atom. The van der Waals surface area contributed by atoms with Crippen LogP contribution in [0, 0.1) is 0 Å². The van der Waals surface area contributed by atoms with Crippen LogP contribution < -0.4 is 5.32 Å². The third-order valence-electron chi connectivity index (χ3n) is 3.00. The highest BCUT2D eigenvalue weighted by atomic mass is 16.4. The summed E-state index contributed by atoms with van der Waals surface area (Å²) < 4.78 is 0. The number of carbonyl (C=O) groups excluding carboxylic acids is 1. The Morgan fingerprint density at radius 2 is 1.86 bits per heavy atom. The van der Waals surface area contributed by atoms with Gasteiger partial charge in [-0.15, -0.1) is 0 Å². The Kier molecular flexibility index (Phi) is 5.04. The lowest BCUT2D eigenvalue weighted by Crippen LogP contribution is -2.27. The molecule has 108 valence electrons. The second-order valence-electron chi connectivity index (χ2n) is 4.60. The first kappa shape index (κ1) is 14.7. The first-order chi connectivity index (χ1) is 10.1. The maximum atomic E-state index is 11.7. The van der Waals surface area contributed by atoms with E-state index in [-0.39, 0.29) is 17.9 Å². The number of pyridine rings is 1. The molecule has 1 amide bonds. The van der Waals surface area contributed by atoms with Gasteiger partial charge >= 0.3 is 5.97 Å². The Hall–Kier alpha value is -2.69. The number of nitrogens with zero attached hydrogens (tertiary/aromatic N) is 1. The number of carboxylic acids is 1. The lowest BCUT2D eigenvalue weighted by atomic mass is 10.1. The summed E-state index contributed by atoms with van der Waals surface area (Å²) in [5.74, 6) is -1.01. The van der Waals surface area contributed by atoms with Gasteiger partial charge in [0.25, 0.3) is 0 Å². The van der Waals surface area contributed by atoms with E-state index in [1.165, 1.54) is 0 Å². The summed E-state index contributed by atoms with van der Waals surface area (Å²) in [4.78, 5) is 26.5. The van der Waals surface area contributed by atoms with E-state index < -0.39 is 5.97 Å². The smallest absolute Gasteiger partial charge is 0.335 e. The Labute approximate surface area is 122 Å². The highest BCUT2D eigenvalue weighted by Crippen LogP contribution is 2.04. The van der Waals surface area contributed by atoms with Crippen LogP contribution in [0.15, 0.2) is 48.7 Å². The van der Waals surface area contributed by atoms with E-state index in [9.17, 15) is 9.59 Å². The molecule has 21 heavy (non-hydrogen) atoms. The molecule has 5 heteroatoms. The third-order valence-corrected chi connectivity index (χ3v) is 3.00. The van der Waals surface area contributed by atoms with E-state index in [0.717, 1.165) is 11.3 Å². The number of aromatic carboxylic acids is 1. The fraction of sp³-hybridized carbons (Fsp3) is 0.188. The van der Waals surface area contributed by atoms with E-state index in [1.54, 1.807) is 30.5 Å². The molecule has 0 atom stereocenters. The molecular weight excluding hydrogens is 268 g/mol. The van der Waals surface area contributed by atoms with E-state index in [4.69, 9.17) is 5.11 Å². The highest BCUT2D eigenvalue weighted by molar-refractivity contribution is 5.87. The van der Waals surface area contributed by atoms with Gasteiger partial charge in [-0.1, -0.05) is 18.2 Å². The highest BCUT2D eigenvalue weighted by Gasteiger charge is 2.04. The minimum absolute atomic E-state index is 0.0733. The summed E-state index contributed by atoms with van der Waals surface area (Å²) in [6.45, 7) is 0.512. The molecule has 1 heterocycles. The standard InChI is InChI=1S/C16H16N2O3/c19-15(11-14-3-1-2-9-17-14)18-10-8-12-4-6-13(7-5-12)16(20)21/h1-7,9H,8,10-11H2,(H,18,19)(H,20,21). The number of hydrogen-bond donors (Lipinski definition) is 2. The molecule has 0 spiro atoms. The maximum absolute atomic E-state index is 11.7. The van der Waals surface area contributed by atoms with Crippen LogP contribution in [-0.2, 0) is 17.6 Å². The number of amides is 1. The van der Waals surface area contributed by atoms with Gasteiger partial charge in [0.2, 0.25) is 5.91 Å². The summed E-state index contributed by atoms with van der Waals surface area (Å²) in [5.41, 5.74) is 1.98. The summed E-state index contributed by atoms with van der Waals surface area (Å²) in [5, 5.41) is 11.6. The van der Waals surface area contributed by atoms with Crippen molar-refractivity contribution in [3.63, 3.8) is 0 Å². The van der Waals surface area contributed by atoms with Crippen molar-refractivity contribution >= 4 is 11.9 Å². The first-order valence-corrected chi connectivity index (χ1v) is 6.64. The molecule has 2 aromatic rings. The summed E-state index contributed by atoms with van der Waals surface area (Å²) >= 11 is 0. The molecular formula is C16H16N2O3. The molecule has 0 unspecified atom stereocenters. The van der Waals surface area contributed by atoms with Crippen LogP contribution >= 0.6 is 0 Å². The normalized spacial score (nSPS) is 10.1. The van der Waals surface area contributed by atoms with Crippen molar-refractivity contribution in [3.05, 3.63) is 65.5 Å². The van der Waals surface area contributed by atoms with Crippen LogP contribution in [-0.4, -0.2) is 28.5 Å². The molecule has 0 aliphatic heterocycles.